The van der Waals surface area contributed by atoms with Gasteiger partial charge in [0.1, 0.15) is 5.82 Å². The Morgan fingerprint density at radius 1 is 0.968 bits per heavy atom. The molecule has 156 valence electrons. The predicted molar refractivity (Wildman–Crippen MR) is 120 cm³/mol. The van der Waals surface area contributed by atoms with E-state index in [1.54, 1.807) is 19.9 Å². The summed E-state index contributed by atoms with van der Waals surface area (Å²) in [5.74, 6) is -0.0132. The smallest absolute Gasteiger partial charge is 0.255 e. The zero-order valence-electron chi connectivity index (χ0n) is 17.6. The van der Waals surface area contributed by atoms with E-state index in [4.69, 9.17) is 0 Å². The third-order valence-electron chi connectivity index (χ3n) is 5.19. The molecule has 4 rings (SSSR count). The van der Waals surface area contributed by atoms with E-state index in [0.717, 1.165) is 11.1 Å². The Labute approximate surface area is 179 Å². The van der Waals surface area contributed by atoms with Crippen LogP contribution < -0.4 is 10.9 Å². The number of amides is 1. The standard InChI is InChI=1S/C24H23N5O2/c1-15-14-20(29(28-15)24-25-17(3)16(2)22(30)27-24)26-23(31)21(18-10-6-4-7-11-18)19-12-8-5-9-13-19/h4-14,21H,1-3H3,(H,26,31)(H,25,27,30). The maximum absolute atomic E-state index is 13.4. The Kier molecular flexibility index (Phi) is 5.49. The Bertz CT molecular complexity index is 1240. The van der Waals surface area contributed by atoms with Gasteiger partial charge in [0.05, 0.1) is 11.6 Å². The van der Waals surface area contributed by atoms with Gasteiger partial charge in [-0.05, 0) is 31.9 Å². The molecule has 31 heavy (non-hydrogen) atoms. The number of H-pyrrole nitrogens is 1. The highest BCUT2D eigenvalue weighted by atomic mass is 16.2. The first-order valence-corrected chi connectivity index (χ1v) is 9.99. The van der Waals surface area contributed by atoms with Crippen LogP contribution in [0.4, 0.5) is 5.82 Å². The molecule has 2 aromatic carbocycles. The first kappa shape index (κ1) is 20.3. The normalized spacial score (nSPS) is 11.0. The molecule has 0 saturated carbocycles. The number of nitrogens with zero attached hydrogens (tertiary/aromatic N) is 3. The van der Waals surface area contributed by atoms with Gasteiger partial charge in [-0.3, -0.25) is 14.6 Å². The van der Waals surface area contributed by atoms with E-state index in [-0.39, 0.29) is 17.4 Å². The molecule has 7 heteroatoms. The van der Waals surface area contributed by atoms with E-state index in [9.17, 15) is 9.59 Å². The van der Waals surface area contributed by atoms with Crippen LogP contribution >= 0.6 is 0 Å². The number of anilines is 1. The van der Waals surface area contributed by atoms with Crippen molar-refractivity contribution in [1.29, 1.82) is 0 Å². The first-order chi connectivity index (χ1) is 14.9. The van der Waals surface area contributed by atoms with Crippen LogP contribution in [0.5, 0.6) is 0 Å². The fourth-order valence-electron chi connectivity index (χ4n) is 3.47. The molecule has 0 unspecified atom stereocenters. The highest BCUT2D eigenvalue weighted by molar-refractivity contribution is 5.97. The molecule has 2 aromatic heterocycles. The molecule has 0 bridgehead atoms. The summed E-state index contributed by atoms with van der Waals surface area (Å²) < 4.78 is 1.45. The summed E-state index contributed by atoms with van der Waals surface area (Å²) in [5, 5.41) is 7.40. The first-order valence-electron chi connectivity index (χ1n) is 9.99. The van der Waals surface area contributed by atoms with Crippen LogP contribution in [-0.2, 0) is 4.79 Å². The van der Waals surface area contributed by atoms with E-state index in [0.29, 0.717) is 22.8 Å². The molecule has 0 aliphatic heterocycles. The molecule has 0 atom stereocenters. The molecule has 0 saturated heterocycles. The minimum atomic E-state index is -0.502. The molecule has 1 amide bonds. The number of benzene rings is 2. The van der Waals surface area contributed by atoms with Crippen LogP contribution in [0.2, 0.25) is 0 Å². The monoisotopic (exact) mass is 413 g/mol. The highest BCUT2D eigenvalue weighted by Crippen LogP contribution is 2.27. The summed E-state index contributed by atoms with van der Waals surface area (Å²) in [5.41, 5.74) is 3.37. The van der Waals surface area contributed by atoms with Gasteiger partial charge in [0.25, 0.3) is 5.56 Å². The van der Waals surface area contributed by atoms with Gasteiger partial charge in [-0.25, -0.2) is 4.98 Å². The number of hydrogen-bond donors (Lipinski definition) is 2. The molecule has 4 aromatic rings. The van der Waals surface area contributed by atoms with Gasteiger partial charge in [0.2, 0.25) is 11.9 Å². The number of rotatable bonds is 5. The van der Waals surface area contributed by atoms with Crippen LogP contribution in [0.1, 0.15) is 34.0 Å². The molecule has 0 aliphatic carbocycles. The molecule has 2 heterocycles. The average molecular weight is 413 g/mol. The van der Waals surface area contributed by atoms with Gasteiger partial charge in [-0.1, -0.05) is 60.7 Å². The summed E-state index contributed by atoms with van der Waals surface area (Å²) in [6.45, 7) is 5.30. The highest BCUT2D eigenvalue weighted by Gasteiger charge is 2.24. The van der Waals surface area contributed by atoms with Crippen LogP contribution in [-0.4, -0.2) is 25.7 Å². The minimum absolute atomic E-state index is 0.204. The fourth-order valence-corrected chi connectivity index (χ4v) is 3.47. The molecule has 0 spiro atoms. The number of hydrogen-bond acceptors (Lipinski definition) is 4. The number of aryl methyl sites for hydroxylation is 2. The van der Waals surface area contributed by atoms with Crippen molar-refractivity contribution < 1.29 is 4.79 Å². The molecular formula is C24H23N5O2. The second-order valence-electron chi connectivity index (χ2n) is 7.43. The Morgan fingerprint density at radius 3 is 2.10 bits per heavy atom. The second-order valence-corrected chi connectivity index (χ2v) is 7.43. The van der Waals surface area contributed by atoms with Crippen LogP contribution in [0.25, 0.3) is 5.95 Å². The summed E-state index contributed by atoms with van der Waals surface area (Å²) in [6, 6.07) is 21.0. The number of aromatic amines is 1. The van der Waals surface area contributed by atoms with Crippen LogP contribution in [0.15, 0.2) is 71.5 Å². The van der Waals surface area contributed by atoms with Gasteiger partial charge in [0, 0.05) is 17.3 Å². The van der Waals surface area contributed by atoms with Crippen molar-refractivity contribution in [1.82, 2.24) is 19.7 Å². The van der Waals surface area contributed by atoms with E-state index < -0.39 is 5.92 Å². The fraction of sp³-hybridized carbons (Fsp3) is 0.167. The lowest BCUT2D eigenvalue weighted by Crippen LogP contribution is -2.25. The van der Waals surface area contributed by atoms with Crippen LogP contribution in [0.3, 0.4) is 0 Å². The Balaban J connectivity index is 1.73. The van der Waals surface area contributed by atoms with Crippen molar-refractivity contribution >= 4 is 11.7 Å². The van der Waals surface area contributed by atoms with Crippen molar-refractivity contribution in [2.24, 2.45) is 0 Å². The Morgan fingerprint density at radius 2 is 1.55 bits per heavy atom. The van der Waals surface area contributed by atoms with Crippen LogP contribution in [0, 0.1) is 20.8 Å². The maximum atomic E-state index is 13.4. The molecule has 0 radical (unpaired) electrons. The lowest BCUT2D eigenvalue weighted by molar-refractivity contribution is -0.116. The van der Waals surface area contributed by atoms with E-state index >= 15 is 0 Å². The number of aromatic nitrogens is 4. The number of nitrogens with one attached hydrogen (secondary N) is 2. The number of carbonyl (C=O) groups is 1. The third-order valence-corrected chi connectivity index (χ3v) is 5.19. The molecule has 0 aliphatic rings. The SMILES string of the molecule is Cc1cc(NC(=O)C(c2ccccc2)c2ccccc2)n(-c2nc(C)c(C)c(=O)[nH]2)n1. The minimum Gasteiger partial charge on any atom is -0.310 e. The molecule has 2 N–H and O–H groups in total. The van der Waals surface area contributed by atoms with E-state index in [1.807, 2.05) is 67.6 Å². The average Bonchev–Trinajstić information content (AvgIpc) is 3.13. The molecule has 7 nitrogen and oxygen atoms in total. The predicted octanol–water partition coefficient (Wildman–Crippen LogP) is 3.65. The van der Waals surface area contributed by atoms with Gasteiger partial charge in [0.15, 0.2) is 0 Å². The summed E-state index contributed by atoms with van der Waals surface area (Å²) >= 11 is 0. The van der Waals surface area contributed by atoms with Gasteiger partial charge >= 0.3 is 0 Å². The lowest BCUT2D eigenvalue weighted by atomic mass is 9.90. The van der Waals surface area contributed by atoms with Crippen molar-refractivity contribution in [3.05, 3.63) is 105 Å². The Hall–Kier alpha value is -4.00. The van der Waals surface area contributed by atoms with Crippen molar-refractivity contribution in [3.63, 3.8) is 0 Å². The van der Waals surface area contributed by atoms with Gasteiger partial charge < -0.3 is 5.32 Å². The largest absolute Gasteiger partial charge is 0.310 e. The molecule has 0 fully saturated rings. The summed E-state index contributed by atoms with van der Waals surface area (Å²) in [4.78, 5) is 32.9. The summed E-state index contributed by atoms with van der Waals surface area (Å²) in [7, 11) is 0. The zero-order chi connectivity index (χ0) is 22.0. The lowest BCUT2D eigenvalue weighted by Gasteiger charge is -2.18. The maximum Gasteiger partial charge on any atom is 0.255 e. The topological polar surface area (TPSA) is 92.7 Å². The zero-order valence-corrected chi connectivity index (χ0v) is 17.6. The van der Waals surface area contributed by atoms with E-state index in [1.165, 1.54) is 4.68 Å². The van der Waals surface area contributed by atoms with E-state index in [2.05, 4.69) is 20.4 Å². The third kappa shape index (κ3) is 4.16. The molecular weight excluding hydrogens is 390 g/mol. The quantitative estimate of drug-likeness (QED) is 0.522. The van der Waals surface area contributed by atoms with Gasteiger partial charge in [-0.2, -0.15) is 9.78 Å². The summed E-state index contributed by atoms with van der Waals surface area (Å²) in [6.07, 6.45) is 0. The number of carbonyl (C=O) groups excluding carboxylic acids is 1. The van der Waals surface area contributed by atoms with Gasteiger partial charge in [-0.15, -0.1) is 0 Å². The van der Waals surface area contributed by atoms with Crippen molar-refractivity contribution in [2.45, 2.75) is 26.7 Å². The second kappa shape index (κ2) is 8.39. The van der Waals surface area contributed by atoms with Crippen molar-refractivity contribution in [2.75, 3.05) is 5.32 Å². The van der Waals surface area contributed by atoms with Crippen molar-refractivity contribution in [3.8, 4) is 5.95 Å².